The number of hydrogen-bond donors (Lipinski definition) is 1. The molecule has 5 nitrogen and oxygen atoms in total. The number of pyridine rings is 1. The van der Waals surface area contributed by atoms with Crippen molar-refractivity contribution in [1.29, 1.82) is 0 Å². The van der Waals surface area contributed by atoms with Crippen LogP contribution in [0.3, 0.4) is 0 Å². The van der Waals surface area contributed by atoms with Gasteiger partial charge in [-0.25, -0.2) is 9.67 Å². The zero-order chi connectivity index (χ0) is 12.8. The molecule has 0 bridgehead atoms. The molecule has 0 fully saturated rings. The summed E-state index contributed by atoms with van der Waals surface area (Å²) in [5, 5.41) is 7.50. The molecule has 96 valence electrons. The van der Waals surface area contributed by atoms with Crippen LogP contribution in [0.15, 0.2) is 30.7 Å². The van der Waals surface area contributed by atoms with Gasteiger partial charge in [0.25, 0.3) is 0 Å². The van der Waals surface area contributed by atoms with Gasteiger partial charge in [0.15, 0.2) is 5.82 Å². The normalized spacial score (nSPS) is 10.8. The number of aromatic nitrogens is 3. The average Bonchev–Trinajstić information content (AvgIpc) is 2.82. The molecule has 2 aromatic heterocycles. The van der Waals surface area contributed by atoms with Crippen LogP contribution in [-0.2, 0) is 11.3 Å². The van der Waals surface area contributed by atoms with Gasteiger partial charge in [0.05, 0.1) is 12.8 Å². The molecule has 0 radical (unpaired) electrons. The summed E-state index contributed by atoms with van der Waals surface area (Å²) < 4.78 is 6.74. The van der Waals surface area contributed by atoms with E-state index in [1.165, 1.54) is 0 Å². The Bertz CT molecular complexity index is 478. The van der Waals surface area contributed by atoms with E-state index in [9.17, 15) is 0 Å². The number of nitrogens with one attached hydrogen (secondary N) is 1. The summed E-state index contributed by atoms with van der Waals surface area (Å²) in [5.74, 6) is 0.837. The van der Waals surface area contributed by atoms with E-state index in [1.807, 2.05) is 31.6 Å². The van der Waals surface area contributed by atoms with Crippen molar-refractivity contribution in [3.8, 4) is 5.82 Å². The van der Waals surface area contributed by atoms with Gasteiger partial charge >= 0.3 is 0 Å². The summed E-state index contributed by atoms with van der Waals surface area (Å²) in [4.78, 5) is 4.39. The van der Waals surface area contributed by atoms with Gasteiger partial charge in [-0.15, -0.1) is 0 Å². The maximum absolute atomic E-state index is 4.97. The average molecular weight is 246 g/mol. The minimum Gasteiger partial charge on any atom is -0.383 e. The molecule has 0 aromatic carbocycles. The van der Waals surface area contributed by atoms with Crippen LogP contribution in [0.5, 0.6) is 0 Å². The highest BCUT2D eigenvalue weighted by atomic mass is 16.5. The van der Waals surface area contributed by atoms with E-state index in [0.29, 0.717) is 0 Å². The Morgan fingerprint density at radius 1 is 1.33 bits per heavy atom. The first-order chi connectivity index (χ1) is 8.79. The van der Waals surface area contributed by atoms with Crippen molar-refractivity contribution < 1.29 is 4.74 Å². The van der Waals surface area contributed by atoms with E-state index in [2.05, 4.69) is 21.5 Å². The first-order valence-electron chi connectivity index (χ1n) is 5.96. The van der Waals surface area contributed by atoms with Crippen LogP contribution in [0.4, 0.5) is 0 Å². The number of hydrogen-bond acceptors (Lipinski definition) is 4. The number of methoxy groups -OCH3 is 1. The molecule has 0 saturated heterocycles. The van der Waals surface area contributed by atoms with Gasteiger partial charge in [0.1, 0.15) is 0 Å². The number of rotatable bonds is 6. The third-order valence-corrected chi connectivity index (χ3v) is 2.57. The lowest BCUT2D eigenvalue weighted by atomic mass is 10.3. The zero-order valence-corrected chi connectivity index (χ0v) is 10.8. The van der Waals surface area contributed by atoms with Gasteiger partial charge < -0.3 is 10.1 Å². The van der Waals surface area contributed by atoms with E-state index < -0.39 is 0 Å². The standard InChI is InChI=1S/C13H18N4O/c1-11-7-16-17(10-11)13-4-3-12(9-15-13)8-14-5-6-18-2/h3-4,7,9-10,14H,5-6,8H2,1-2H3. The first-order valence-corrected chi connectivity index (χ1v) is 5.96. The van der Waals surface area contributed by atoms with Crippen molar-refractivity contribution in [2.45, 2.75) is 13.5 Å². The second-order valence-corrected chi connectivity index (χ2v) is 4.16. The monoisotopic (exact) mass is 246 g/mol. The Morgan fingerprint density at radius 3 is 2.83 bits per heavy atom. The van der Waals surface area contributed by atoms with Gasteiger partial charge in [-0.1, -0.05) is 6.07 Å². The fourth-order valence-corrected chi connectivity index (χ4v) is 1.60. The van der Waals surface area contributed by atoms with Gasteiger partial charge in [0, 0.05) is 32.6 Å². The van der Waals surface area contributed by atoms with Crippen molar-refractivity contribution in [3.63, 3.8) is 0 Å². The predicted molar refractivity (Wildman–Crippen MR) is 69.7 cm³/mol. The zero-order valence-electron chi connectivity index (χ0n) is 10.8. The Labute approximate surface area is 107 Å². The Morgan fingerprint density at radius 2 is 2.22 bits per heavy atom. The van der Waals surface area contributed by atoms with Crippen molar-refractivity contribution in [1.82, 2.24) is 20.1 Å². The molecular formula is C13H18N4O. The van der Waals surface area contributed by atoms with Crippen molar-refractivity contribution in [2.75, 3.05) is 20.3 Å². The molecule has 18 heavy (non-hydrogen) atoms. The van der Waals surface area contributed by atoms with Gasteiger partial charge in [-0.05, 0) is 24.1 Å². The maximum Gasteiger partial charge on any atom is 0.153 e. The minimum absolute atomic E-state index is 0.720. The summed E-state index contributed by atoms with van der Waals surface area (Å²) in [6, 6.07) is 4.03. The Hall–Kier alpha value is -1.72. The third kappa shape index (κ3) is 3.38. The number of nitrogens with zero attached hydrogens (tertiary/aromatic N) is 3. The summed E-state index contributed by atoms with van der Waals surface area (Å²) >= 11 is 0. The summed E-state index contributed by atoms with van der Waals surface area (Å²) in [6.45, 7) is 4.38. The topological polar surface area (TPSA) is 52.0 Å². The van der Waals surface area contributed by atoms with E-state index in [1.54, 1.807) is 11.8 Å². The van der Waals surface area contributed by atoms with Crippen molar-refractivity contribution in [2.24, 2.45) is 0 Å². The maximum atomic E-state index is 4.97. The Balaban J connectivity index is 1.93. The highest BCUT2D eigenvalue weighted by Crippen LogP contribution is 2.06. The largest absolute Gasteiger partial charge is 0.383 e. The van der Waals surface area contributed by atoms with Crippen LogP contribution in [0.1, 0.15) is 11.1 Å². The quantitative estimate of drug-likeness (QED) is 0.781. The summed E-state index contributed by atoms with van der Waals surface area (Å²) in [6.07, 6.45) is 5.65. The van der Waals surface area contributed by atoms with Crippen molar-refractivity contribution >= 4 is 0 Å². The fraction of sp³-hybridized carbons (Fsp3) is 0.385. The lowest BCUT2D eigenvalue weighted by molar-refractivity contribution is 0.199. The minimum atomic E-state index is 0.720. The molecule has 2 aromatic rings. The summed E-state index contributed by atoms with van der Waals surface area (Å²) in [5.41, 5.74) is 2.28. The molecule has 0 spiro atoms. The molecule has 0 amide bonds. The SMILES string of the molecule is COCCNCc1ccc(-n2cc(C)cn2)nc1. The Kier molecular flexibility index (Phi) is 4.44. The van der Waals surface area contributed by atoms with Crippen LogP contribution < -0.4 is 5.32 Å². The molecule has 1 N–H and O–H groups in total. The highest BCUT2D eigenvalue weighted by molar-refractivity contribution is 5.25. The van der Waals surface area contributed by atoms with Crippen LogP contribution in [0, 0.1) is 6.92 Å². The second-order valence-electron chi connectivity index (χ2n) is 4.16. The molecule has 2 heterocycles. The lowest BCUT2D eigenvalue weighted by Gasteiger charge is -2.05. The predicted octanol–water partition coefficient (Wildman–Crippen LogP) is 1.31. The van der Waals surface area contributed by atoms with E-state index in [0.717, 1.165) is 36.6 Å². The highest BCUT2D eigenvalue weighted by Gasteiger charge is 2.00. The van der Waals surface area contributed by atoms with Crippen molar-refractivity contribution in [3.05, 3.63) is 41.9 Å². The molecular weight excluding hydrogens is 228 g/mol. The molecule has 0 atom stereocenters. The number of ether oxygens (including phenoxy) is 1. The van der Waals surface area contributed by atoms with Gasteiger partial charge in [0.2, 0.25) is 0 Å². The molecule has 0 unspecified atom stereocenters. The molecule has 2 rings (SSSR count). The van der Waals surface area contributed by atoms with E-state index >= 15 is 0 Å². The van der Waals surface area contributed by atoms with Crippen LogP contribution in [0.25, 0.3) is 5.82 Å². The summed E-state index contributed by atoms with van der Waals surface area (Å²) in [7, 11) is 1.70. The molecule has 0 aliphatic heterocycles. The van der Waals surface area contributed by atoms with Gasteiger partial charge in [-0.3, -0.25) is 0 Å². The van der Waals surface area contributed by atoms with E-state index in [4.69, 9.17) is 4.74 Å². The smallest absolute Gasteiger partial charge is 0.153 e. The van der Waals surface area contributed by atoms with Crippen LogP contribution >= 0.6 is 0 Å². The molecule has 0 saturated carbocycles. The van der Waals surface area contributed by atoms with Crippen LogP contribution in [-0.4, -0.2) is 35.0 Å². The molecule has 5 heteroatoms. The first kappa shape index (κ1) is 12.7. The molecule has 0 aliphatic carbocycles. The second kappa shape index (κ2) is 6.28. The molecule has 0 aliphatic rings. The lowest BCUT2D eigenvalue weighted by Crippen LogP contribution is -2.18. The van der Waals surface area contributed by atoms with E-state index in [-0.39, 0.29) is 0 Å². The third-order valence-electron chi connectivity index (χ3n) is 2.57. The number of aryl methyl sites for hydroxylation is 1. The van der Waals surface area contributed by atoms with Crippen LogP contribution in [0.2, 0.25) is 0 Å². The van der Waals surface area contributed by atoms with Gasteiger partial charge in [-0.2, -0.15) is 5.10 Å². The fourth-order valence-electron chi connectivity index (χ4n) is 1.60.